The Morgan fingerprint density at radius 2 is 2.00 bits per heavy atom. The zero-order chi connectivity index (χ0) is 19.6. The minimum Gasteiger partial charge on any atom is -0.378 e. The average molecular weight is 390 g/mol. The van der Waals surface area contributed by atoms with E-state index in [2.05, 4.69) is 37.2 Å². The highest BCUT2D eigenvalue weighted by Gasteiger charge is 2.15. The quantitative estimate of drug-likeness (QED) is 0.618. The third-order valence-corrected chi connectivity index (χ3v) is 4.93. The first-order valence-electron chi connectivity index (χ1n) is 9.53. The van der Waals surface area contributed by atoms with Crippen LogP contribution in [0, 0.1) is 0 Å². The second-order valence-corrected chi connectivity index (χ2v) is 6.98. The van der Waals surface area contributed by atoms with Crippen molar-refractivity contribution in [3.63, 3.8) is 0 Å². The number of allylic oxidation sites excluding steroid dienone is 1. The summed E-state index contributed by atoms with van der Waals surface area (Å²) < 4.78 is 7.21. The van der Waals surface area contributed by atoms with Crippen LogP contribution in [0.5, 0.6) is 0 Å². The normalized spacial score (nSPS) is 16.7. The van der Waals surface area contributed by atoms with Gasteiger partial charge in [0, 0.05) is 55.9 Å². The third-order valence-electron chi connectivity index (χ3n) is 4.93. The predicted octanol–water partition coefficient (Wildman–Crippen LogP) is 1.56. The van der Waals surface area contributed by atoms with Crippen LogP contribution in [-0.4, -0.2) is 51.0 Å². The van der Waals surface area contributed by atoms with E-state index in [0.29, 0.717) is 0 Å². The molecular formula is C20H22N8O. The van der Waals surface area contributed by atoms with Crippen molar-refractivity contribution in [1.82, 2.24) is 35.5 Å². The average Bonchev–Trinajstić information content (AvgIpc) is 3.20. The van der Waals surface area contributed by atoms with Crippen LogP contribution in [0.2, 0.25) is 0 Å². The van der Waals surface area contributed by atoms with Crippen molar-refractivity contribution < 1.29 is 4.74 Å². The maximum absolute atomic E-state index is 5.43. The fourth-order valence-corrected chi connectivity index (χ4v) is 3.43. The molecule has 148 valence electrons. The molecule has 5 rings (SSSR count). The van der Waals surface area contributed by atoms with Gasteiger partial charge in [0.05, 0.1) is 36.1 Å². The number of morpholine rings is 1. The highest BCUT2D eigenvalue weighted by molar-refractivity contribution is 5.81. The van der Waals surface area contributed by atoms with Crippen molar-refractivity contribution in [1.29, 1.82) is 0 Å². The van der Waals surface area contributed by atoms with Crippen molar-refractivity contribution in [2.24, 2.45) is 7.05 Å². The number of hydrogen-bond acceptors (Lipinski definition) is 8. The maximum Gasteiger partial charge on any atom is 0.132 e. The van der Waals surface area contributed by atoms with Crippen molar-refractivity contribution >= 4 is 16.9 Å². The van der Waals surface area contributed by atoms with E-state index < -0.39 is 0 Å². The number of hydrazine groups is 1. The van der Waals surface area contributed by atoms with E-state index >= 15 is 0 Å². The zero-order valence-electron chi connectivity index (χ0n) is 16.1. The molecule has 1 saturated heterocycles. The smallest absolute Gasteiger partial charge is 0.132 e. The summed E-state index contributed by atoms with van der Waals surface area (Å²) in [4.78, 5) is 11.6. The third kappa shape index (κ3) is 3.72. The summed E-state index contributed by atoms with van der Waals surface area (Å²) in [6.45, 7) is 3.27. The molecule has 0 saturated carbocycles. The Balaban J connectivity index is 1.38. The van der Waals surface area contributed by atoms with E-state index in [1.54, 1.807) is 4.68 Å². The molecule has 2 aliphatic rings. The molecule has 3 N–H and O–H groups in total. The van der Waals surface area contributed by atoms with Crippen molar-refractivity contribution in [3.8, 4) is 11.1 Å². The van der Waals surface area contributed by atoms with E-state index in [-0.39, 0.29) is 0 Å². The minimum atomic E-state index is 0.742. The lowest BCUT2D eigenvalue weighted by Crippen LogP contribution is -2.40. The molecule has 29 heavy (non-hydrogen) atoms. The Morgan fingerprint density at radius 3 is 2.83 bits per heavy atom. The number of aromatic nitrogens is 4. The van der Waals surface area contributed by atoms with Crippen LogP contribution in [0.4, 0.5) is 5.82 Å². The molecule has 0 atom stereocenters. The van der Waals surface area contributed by atoms with Gasteiger partial charge in [-0.15, -0.1) is 0 Å². The summed E-state index contributed by atoms with van der Waals surface area (Å²) in [7, 11) is 1.90. The topological polar surface area (TPSA) is 92.2 Å². The SMILES string of the molecule is Cn1cc(-c2cnc3ccc(NC4=CC(N5CCOCC5)=CNN4)nc3c2)cn1. The van der Waals surface area contributed by atoms with Gasteiger partial charge in [0.25, 0.3) is 0 Å². The van der Waals surface area contributed by atoms with Crippen molar-refractivity contribution in [2.45, 2.75) is 0 Å². The van der Waals surface area contributed by atoms with Crippen LogP contribution in [-0.2, 0) is 11.8 Å². The van der Waals surface area contributed by atoms with Crippen LogP contribution in [0.15, 0.2) is 60.6 Å². The number of nitrogens with one attached hydrogen (secondary N) is 3. The molecule has 0 bridgehead atoms. The van der Waals surface area contributed by atoms with Gasteiger partial charge >= 0.3 is 0 Å². The fourth-order valence-electron chi connectivity index (χ4n) is 3.43. The van der Waals surface area contributed by atoms with E-state index in [1.807, 2.05) is 50.0 Å². The molecule has 0 aliphatic carbocycles. The molecule has 0 amide bonds. The van der Waals surface area contributed by atoms with Gasteiger partial charge in [-0.1, -0.05) is 0 Å². The second kappa shape index (κ2) is 7.44. The number of fused-ring (bicyclic) bond motifs is 1. The van der Waals surface area contributed by atoms with Crippen LogP contribution in [0.3, 0.4) is 0 Å². The molecule has 3 aromatic heterocycles. The van der Waals surface area contributed by atoms with Gasteiger partial charge in [-0.3, -0.25) is 15.1 Å². The number of nitrogens with zero attached hydrogens (tertiary/aromatic N) is 5. The van der Waals surface area contributed by atoms with Gasteiger partial charge in [0.1, 0.15) is 11.6 Å². The summed E-state index contributed by atoms with van der Waals surface area (Å²) >= 11 is 0. The molecule has 0 spiro atoms. The second-order valence-electron chi connectivity index (χ2n) is 6.98. The first-order valence-corrected chi connectivity index (χ1v) is 9.53. The van der Waals surface area contributed by atoms with Gasteiger partial charge in [-0.05, 0) is 18.2 Å². The highest BCUT2D eigenvalue weighted by Crippen LogP contribution is 2.23. The lowest BCUT2D eigenvalue weighted by atomic mass is 10.1. The van der Waals surface area contributed by atoms with Crippen LogP contribution >= 0.6 is 0 Å². The first-order chi connectivity index (χ1) is 14.2. The lowest BCUT2D eigenvalue weighted by Gasteiger charge is -2.31. The monoisotopic (exact) mass is 390 g/mol. The number of rotatable bonds is 4. The molecule has 0 unspecified atom stereocenters. The van der Waals surface area contributed by atoms with Crippen molar-refractivity contribution in [3.05, 3.63) is 60.6 Å². The standard InChI is InChI=1S/C20H22N8O/c1-27-13-15(11-23-27)14-8-18-17(21-10-14)2-3-19(24-18)25-20-9-16(12-22-26-20)28-4-6-29-7-5-28/h2-3,8-13,22,26H,4-7H2,1H3,(H,24,25). The molecule has 2 aliphatic heterocycles. The van der Waals surface area contributed by atoms with E-state index in [9.17, 15) is 0 Å². The summed E-state index contributed by atoms with van der Waals surface area (Å²) in [5.41, 5.74) is 11.0. The molecule has 0 aromatic carbocycles. The van der Waals surface area contributed by atoms with E-state index in [1.165, 1.54) is 0 Å². The number of hydrogen-bond donors (Lipinski definition) is 3. The Bertz CT molecular complexity index is 1100. The summed E-state index contributed by atoms with van der Waals surface area (Å²) in [6.07, 6.45) is 9.66. The van der Waals surface area contributed by atoms with Crippen molar-refractivity contribution in [2.75, 3.05) is 31.6 Å². The number of pyridine rings is 2. The van der Waals surface area contributed by atoms with E-state index in [4.69, 9.17) is 9.72 Å². The Kier molecular flexibility index (Phi) is 4.49. The van der Waals surface area contributed by atoms with Crippen LogP contribution in [0.25, 0.3) is 22.2 Å². The zero-order valence-corrected chi connectivity index (χ0v) is 16.1. The molecule has 0 radical (unpaired) electrons. The predicted molar refractivity (Wildman–Crippen MR) is 110 cm³/mol. The molecule has 5 heterocycles. The molecule has 1 fully saturated rings. The Hall–Kier alpha value is -3.59. The van der Waals surface area contributed by atoms with Gasteiger partial charge in [0.2, 0.25) is 0 Å². The lowest BCUT2D eigenvalue weighted by molar-refractivity contribution is 0.0549. The highest BCUT2D eigenvalue weighted by atomic mass is 16.5. The maximum atomic E-state index is 5.43. The van der Waals surface area contributed by atoms with Gasteiger partial charge in [-0.25, -0.2) is 4.98 Å². The summed E-state index contributed by atoms with van der Waals surface area (Å²) in [6, 6.07) is 5.92. The van der Waals surface area contributed by atoms with Crippen LogP contribution < -0.4 is 16.2 Å². The first kappa shape index (κ1) is 17.5. The number of aryl methyl sites for hydroxylation is 1. The summed E-state index contributed by atoms with van der Waals surface area (Å²) in [5.74, 6) is 1.57. The molecule has 3 aromatic rings. The van der Waals surface area contributed by atoms with Crippen LogP contribution in [0.1, 0.15) is 0 Å². The van der Waals surface area contributed by atoms with Gasteiger partial charge in [-0.2, -0.15) is 5.10 Å². The number of anilines is 1. The Labute approximate surface area is 168 Å². The largest absolute Gasteiger partial charge is 0.378 e. The van der Waals surface area contributed by atoms with Gasteiger partial charge in [0.15, 0.2) is 0 Å². The van der Waals surface area contributed by atoms with E-state index in [0.717, 1.165) is 65.8 Å². The number of ether oxygens (including phenoxy) is 1. The summed E-state index contributed by atoms with van der Waals surface area (Å²) in [5, 5.41) is 7.57. The minimum absolute atomic E-state index is 0.742. The Morgan fingerprint density at radius 1 is 1.10 bits per heavy atom. The fraction of sp³-hybridized carbons (Fsp3) is 0.250. The van der Waals surface area contributed by atoms with Gasteiger partial charge < -0.3 is 20.4 Å². The molecular weight excluding hydrogens is 368 g/mol. The molecule has 9 nitrogen and oxygen atoms in total. The molecule has 9 heteroatoms.